The van der Waals surface area contributed by atoms with Gasteiger partial charge in [-0.25, -0.2) is 18.1 Å². The Balaban J connectivity index is 1.90. The van der Waals surface area contributed by atoms with Gasteiger partial charge in [-0.1, -0.05) is 32.0 Å². The number of aromatic nitrogens is 3. The molecule has 0 unspecified atom stereocenters. The molecule has 0 atom stereocenters. The summed E-state index contributed by atoms with van der Waals surface area (Å²) < 4.78 is 28.3. The van der Waals surface area contributed by atoms with Gasteiger partial charge >= 0.3 is 0 Å². The normalized spacial score (nSPS) is 11.5. The number of hydrogen-bond donors (Lipinski definition) is 1. The van der Waals surface area contributed by atoms with Crippen molar-refractivity contribution in [2.75, 3.05) is 18.4 Å². The first-order valence-electron chi connectivity index (χ1n) is 8.83. The van der Waals surface area contributed by atoms with E-state index in [4.69, 9.17) is 0 Å². The van der Waals surface area contributed by atoms with E-state index in [1.807, 2.05) is 6.07 Å². The van der Waals surface area contributed by atoms with Gasteiger partial charge in [-0.05, 0) is 30.3 Å². The van der Waals surface area contributed by atoms with Crippen molar-refractivity contribution in [3.63, 3.8) is 0 Å². The quantitative estimate of drug-likeness (QED) is 0.658. The lowest BCUT2D eigenvalue weighted by Gasteiger charge is -2.18. The van der Waals surface area contributed by atoms with Crippen LogP contribution in [0, 0.1) is 0 Å². The smallest absolute Gasteiger partial charge is 0.255 e. The topological polar surface area (TPSA) is 97.2 Å². The number of anilines is 1. The molecule has 0 bridgehead atoms. The summed E-state index contributed by atoms with van der Waals surface area (Å²) in [5, 5.41) is 6.90. The zero-order chi connectivity index (χ0) is 20.1. The molecule has 0 saturated heterocycles. The van der Waals surface area contributed by atoms with Crippen LogP contribution in [0.15, 0.2) is 66.1 Å². The van der Waals surface area contributed by atoms with Crippen molar-refractivity contribution in [1.82, 2.24) is 19.1 Å². The number of hydrogen-bond acceptors (Lipinski definition) is 5. The maximum Gasteiger partial charge on any atom is 0.255 e. The summed E-state index contributed by atoms with van der Waals surface area (Å²) in [6, 6.07) is 13.2. The lowest BCUT2D eigenvalue weighted by atomic mass is 10.2. The molecule has 9 heteroatoms. The third kappa shape index (κ3) is 3.95. The molecule has 0 aliphatic heterocycles. The van der Waals surface area contributed by atoms with Crippen molar-refractivity contribution in [3.05, 3.63) is 66.7 Å². The number of benzene rings is 2. The van der Waals surface area contributed by atoms with Crippen LogP contribution < -0.4 is 5.32 Å². The van der Waals surface area contributed by atoms with Gasteiger partial charge in [0.15, 0.2) is 0 Å². The number of sulfonamides is 1. The van der Waals surface area contributed by atoms with E-state index in [9.17, 15) is 13.2 Å². The van der Waals surface area contributed by atoms with Crippen LogP contribution in [0.4, 0.5) is 5.69 Å². The molecule has 1 amide bonds. The molecular weight excluding hydrogens is 378 g/mol. The first-order valence-corrected chi connectivity index (χ1v) is 10.3. The first-order chi connectivity index (χ1) is 13.5. The summed E-state index contributed by atoms with van der Waals surface area (Å²) in [5.41, 5.74) is 1.44. The lowest BCUT2D eigenvalue weighted by Crippen LogP contribution is -2.30. The molecule has 1 aromatic heterocycles. The minimum atomic E-state index is -3.64. The van der Waals surface area contributed by atoms with Crippen molar-refractivity contribution in [2.24, 2.45) is 0 Å². The van der Waals surface area contributed by atoms with Crippen molar-refractivity contribution in [1.29, 1.82) is 0 Å². The third-order valence-electron chi connectivity index (χ3n) is 4.26. The average Bonchev–Trinajstić information content (AvgIpc) is 3.24. The Morgan fingerprint density at radius 1 is 1.11 bits per heavy atom. The minimum Gasteiger partial charge on any atom is -0.320 e. The summed E-state index contributed by atoms with van der Waals surface area (Å²) in [6.07, 6.45) is 2.93. The molecule has 1 heterocycles. The minimum absolute atomic E-state index is 0.0911. The van der Waals surface area contributed by atoms with Crippen LogP contribution in [-0.2, 0) is 10.0 Å². The van der Waals surface area contributed by atoms with E-state index in [0.717, 1.165) is 0 Å². The molecule has 0 radical (unpaired) electrons. The number of nitrogens with one attached hydrogen (secondary N) is 1. The summed E-state index contributed by atoms with van der Waals surface area (Å²) in [7, 11) is -3.64. The number of carbonyl (C=O) groups is 1. The Hall–Kier alpha value is -3.04. The van der Waals surface area contributed by atoms with Crippen LogP contribution in [-0.4, -0.2) is 46.5 Å². The van der Waals surface area contributed by atoms with E-state index in [-0.39, 0.29) is 10.5 Å². The fourth-order valence-electron chi connectivity index (χ4n) is 2.82. The zero-order valence-electron chi connectivity index (χ0n) is 15.6. The second-order valence-electron chi connectivity index (χ2n) is 5.93. The highest BCUT2D eigenvalue weighted by molar-refractivity contribution is 7.89. The van der Waals surface area contributed by atoms with Crippen molar-refractivity contribution in [3.8, 4) is 5.69 Å². The number of rotatable bonds is 7. The van der Waals surface area contributed by atoms with Crippen LogP contribution in [0.25, 0.3) is 5.69 Å². The fraction of sp³-hybridized carbons (Fsp3) is 0.211. The van der Waals surface area contributed by atoms with Gasteiger partial charge in [0.2, 0.25) is 10.0 Å². The van der Waals surface area contributed by atoms with Gasteiger partial charge in [-0.2, -0.15) is 9.40 Å². The Morgan fingerprint density at radius 2 is 1.86 bits per heavy atom. The molecular formula is C19H21N5O3S. The van der Waals surface area contributed by atoms with Crippen LogP contribution in [0.1, 0.15) is 24.2 Å². The Kier molecular flexibility index (Phi) is 5.86. The maximum atomic E-state index is 12.8. The second kappa shape index (κ2) is 8.32. The van der Waals surface area contributed by atoms with Crippen molar-refractivity contribution < 1.29 is 13.2 Å². The Labute approximate surface area is 163 Å². The second-order valence-corrected chi connectivity index (χ2v) is 7.87. The highest BCUT2D eigenvalue weighted by atomic mass is 32.2. The van der Waals surface area contributed by atoms with Gasteiger partial charge in [0.1, 0.15) is 12.7 Å². The van der Waals surface area contributed by atoms with Crippen molar-refractivity contribution >= 4 is 21.6 Å². The van der Waals surface area contributed by atoms with Gasteiger partial charge in [-0.3, -0.25) is 4.79 Å². The highest BCUT2D eigenvalue weighted by Crippen LogP contribution is 2.21. The molecule has 8 nitrogen and oxygen atoms in total. The third-order valence-corrected chi connectivity index (χ3v) is 6.30. The van der Waals surface area contributed by atoms with Gasteiger partial charge in [0.25, 0.3) is 5.91 Å². The van der Waals surface area contributed by atoms with E-state index in [1.165, 1.54) is 33.8 Å². The molecule has 0 fully saturated rings. The molecule has 0 saturated carbocycles. The monoisotopic (exact) mass is 399 g/mol. The van der Waals surface area contributed by atoms with Gasteiger partial charge in [-0.15, -0.1) is 0 Å². The molecule has 146 valence electrons. The summed E-state index contributed by atoms with van der Waals surface area (Å²) in [4.78, 5) is 16.8. The zero-order valence-corrected chi connectivity index (χ0v) is 16.4. The van der Waals surface area contributed by atoms with E-state index in [0.29, 0.717) is 24.5 Å². The summed E-state index contributed by atoms with van der Waals surface area (Å²) in [6.45, 7) is 4.28. The van der Waals surface area contributed by atoms with E-state index in [2.05, 4.69) is 15.4 Å². The van der Waals surface area contributed by atoms with Gasteiger partial charge < -0.3 is 5.32 Å². The first kappa shape index (κ1) is 19.7. The molecule has 1 N–H and O–H groups in total. The standard InChI is InChI=1S/C19H21N5O3S/c1-3-23(4-2)28(26,27)16-9-7-8-15(12-16)19(25)22-17-10-5-6-11-18(17)24-14-20-13-21-24/h5-14H,3-4H2,1-2H3,(H,22,25). The molecule has 3 aromatic rings. The van der Waals surface area contributed by atoms with Gasteiger partial charge in [0.05, 0.1) is 16.3 Å². The predicted octanol–water partition coefficient (Wildman–Crippen LogP) is 2.55. The Morgan fingerprint density at radius 3 is 2.54 bits per heavy atom. The summed E-state index contributed by atoms with van der Waals surface area (Å²) in [5.74, 6) is -0.413. The van der Waals surface area contributed by atoms with E-state index < -0.39 is 15.9 Å². The Bertz CT molecular complexity index is 1060. The SMILES string of the molecule is CCN(CC)S(=O)(=O)c1cccc(C(=O)Nc2ccccc2-n2cncn2)c1. The maximum absolute atomic E-state index is 12.8. The molecule has 0 aliphatic carbocycles. The lowest BCUT2D eigenvalue weighted by molar-refractivity contribution is 0.102. The number of para-hydroxylation sites is 2. The molecule has 2 aromatic carbocycles. The number of amides is 1. The number of carbonyl (C=O) groups excluding carboxylic acids is 1. The van der Waals surface area contributed by atoms with Crippen LogP contribution in [0.3, 0.4) is 0 Å². The molecule has 3 rings (SSSR count). The summed E-state index contributed by atoms with van der Waals surface area (Å²) >= 11 is 0. The number of nitrogens with zero attached hydrogens (tertiary/aromatic N) is 4. The largest absolute Gasteiger partial charge is 0.320 e. The van der Waals surface area contributed by atoms with Crippen LogP contribution in [0.2, 0.25) is 0 Å². The average molecular weight is 399 g/mol. The van der Waals surface area contributed by atoms with Crippen molar-refractivity contribution in [2.45, 2.75) is 18.7 Å². The van der Waals surface area contributed by atoms with Crippen LogP contribution >= 0.6 is 0 Å². The fourth-order valence-corrected chi connectivity index (χ4v) is 4.32. The van der Waals surface area contributed by atoms with Gasteiger partial charge in [0, 0.05) is 18.7 Å². The van der Waals surface area contributed by atoms with E-state index >= 15 is 0 Å². The molecule has 0 aliphatic rings. The van der Waals surface area contributed by atoms with Crippen LogP contribution in [0.5, 0.6) is 0 Å². The van der Waals surface area contributed by atoms with E-state index in [1.54, 1.807) is 44.2 Å². The molecule has 28 heavy (non-hydrogen) atoms. The molecule has 0 spiro atoms. The predicted molar refractivity (Wildman–Crippen MR) is 106 cm³/mol. The highest BCUT2D eigenvalue weighted by Gasteiger charge is 2.22.